The normalized spacial score (nSPS) is 19.3. The van der Waals surface area contributed by atoms with Crippen LogP contribution in [-0.2, 0) is 11.5 Å². The molecule has 0 atom stereocenters. The second kappa shape index (κ2) is 5.29. The minimum atomic E-state index is -0.307. The molecule has 1 heterocycles. The summed E-state index contributed by atoms with van der Waals surface area (Å²) in [7, 11) is 0. The first-order valence-electron chi connectivity index (χ1n) is 5.77. The molecule has 1 saturated heterocycles. The zero-order chi connectivity index (χ0) is 10.5. The Bertz CT molecular complexity index is 278. The third-order valence-corrected chi connectivity index (χ3v) is 3.09. The molecule has 1 aliphatic rings. The summed E-state index contributed by atoms with van der Waals surface area (Å²) in [5, 5.41) is 11.1. The molecule has 2 rings (SSSR count). The van der Waals surface area contributed by atoms with Gasteiger partial charge in [0.25, 0.3) is 0 Å². The lowest BCUT2D eigenvalue weighted by Gasteiger charge is -2.28. The summed E-state index contributed by atoms with van der Waals surface area (Å²) in [5.41, 5.74) is 1.39. The van der Waals surface area contributed by atoms with Crippen LogP contribution in [0, 0.1) is 0 Å². The maximum atomic E-state index is 11.1. The fourth-order valence-electron chi connectivity index (χ4n) is 2.06. The predicted molar refractivity (Wildman–Crippen MR) is 60.3 cm³/mol. The minimum absolute atomic E-state index is 0.307. The molecule has 1 aliphatic heterocycles. The van der Waals surface area contributed by atoms with Gasteiger partial charge < -0.3 is 4.90 Å². The van der Waals surface area contributed by atoms with Crippen molar-refractivity contribution in [1.82, 2.24) is 4.90 Å². The summed E-state index contributed by atoms with van der Waals surface area (Å²) in [4.78, 5) is 2.40. The second-order valence-electron chi connectivity index (χ2n) is 4.28. The molecule has 0 bridgehead atoms. The number of benzene rings is 1. The van der Waals surface area contributed by atoms with Gasteiger partial charge in [-0.2, -0.15) is 0 Å². The molecule has 0 spiro atoms. The Morgan fingerprint density at radius 1 is 1.13 bits per heavy atom. The van der Waals surface area contributed by atoms with Crippen LogP contribution in [0.25, 0.3) is 0 Å². The standard InChI is InChI=1S/C13H18NO/c15-13-7-10-14(11-8-13)9-6-12-4-2-1-3-5-12/h1-5,13H,6-11H2. The van der Waals surface area contributed by atoms with E-state index in [1.165, 1.54) is 5.56 Å². The monoisotopic (exact) mass is 204 g/mol. The average molecular weight is 204 g/mol. The van der Waals surface area contributed by atoms with Gasteiger partial charge in [-0.3, -0.25) is 0 Å². The Balaban J connectivity index is 1.74. The Hall–Kier alpha value is -0.860. The maximum Gasteiger partial charge on any atom is 0.0954 e. The Morgan fingerprint density at radius 3 is 2.47 bits per heavy atom. The van der Waals surface area contributed by atoms with E-state index in [9.17, 15) is 5.11 Å². The van der Waals surface area contributed by atoms with Crippen molar-refractivity contribution in [3.63, 3.8) is 0 Å². The van der Waals surface area contributed by atoms with Crippen LogP contribution in [0.3, 0.4) is 0 Å². The summed E-state index contributed by atoms with van der Waals surface area (Å²) in [6.07, 6.45) is 2.45. The van der Waals surface area contributed by atoms with E-state index in [0.29, 0.717) is 0 Å². The first-order chi connectivity index (χ1) is 7.34. The van der Waals surface area contributed by atoms with E-state index in [1.807, 2.05) is 6.07 Å². The molecule has 1 aromatic carbocycles. The Labute approximate surface area is 91.5 Å². The van der Waals surface area contributed by atoms with E-state index in [1.54, 1.807) is 0 Å². The first kappa shape index (κ1) is 10.7. The van der Waals surface area contributed by atoms with Crippen molar-refractivity contribution in [2.45, 2.75) is 25.4 Å². The quantitative estimate of drug-likeness (QED) is 0.739. The number of rotatable bonds is 3. The van der Waals surface area contributed by atoms with Crippen LogP contribution >= 0.6 is 0 Å². The molecule has 1 radical (unpaired) electrons. The summed E-state index contributed by atoms with van der Waals surface area (Å²) in [5.74, 6) is 0. The molecule has 15 heavy (non-hydrogen) atoms. The van der Waals surface area contributed by atoms with Crippen molar-refractivity contribution >= 4 is 0 Å². The van der Waals surface area contributed by atoms with Crippen molar-refractivity contribution in [1.29, 1.82) is 0 Å². The average Bonchev–Trinajstić information content (AvgIpc) is 2.30. The fraction of sp³-hybridized carbons (Fsp3) is 0.538. The van der Waals surface area contributed by atoms with Gasteiger partial charge in [-0.25, -0.2) is 5.11 Å². The SMILES string of the molecule is [O]C1CCN(CCc2ccccc2)CC1. The number of piperidine rings is 1. The molecule has 1 aromatic rings. The van der Waals surface area contributed by atoms with Crippen molar-refractivity contribution in [3.05, 3.63) is 35.9 Å². The zero-order valence-electron chi connectivity index (χ0n) is 9.06. The predicted octanol–water partition coefficient (Wildman–Crippen LogP) is 2.12. The van der Waals surface area contributed by atoms with Gasteiger partial charge >= 0.3 is 0 Å². The van der Waals surface area contributed by atoms with E-state index >= 15 is 0 Å². The van der Waals surface area contributed by atoms with E-state index in [4.69, 9.17) is 0 Å². The number of hydrogen-bond acceptors (Lipinski definition) is 1. The van der Waals surface area contributed by atoms with Gasteiger partial charge in [-0.15, -0.1) is 0 Å². The topological polar surface area (TPSA) is 23.1 Å². The highest BCUT2D eigenvalue weighted by Gasteiger charge is 2.17. The maximum absolute atomic E-state index is 11.1. The smallest absolute Gasteiger partial charge is 0.0954 e. The van der Waals surface area contributed by atoms with Gasteiger partial charge in [-0.05, 0) is 24.8 Å². The van der Waals surface area contributed by atoms with Gasteiger partial charge in [0.05, 0.1) is 6.10 Å². The van der Waals surface area contributed by atoms with Crippen LogP contribution in [0.15, 0.2) is 30.3 Å². The molecule has 0 unspecified atom stereocenters. The number of nitrogens with zero attached hydrogens (tertiary/aromatic N) is 1. The van der Waals surface area contributed by atoms with Crippen LogP contribution in [0.4, 0.5) is 0 Å². The van der Waals surface area contributed by atoms with Gasteiger partial charge in [0.1, 0.15) is 0 Å². The van der Waals surface area contributed by atoms with Crippen LogP contribution in [0.5, 0.6) is 0 Å². The first-order valence-corrected chi connectivity index (χ1v) is 5.77. The van der Waals surface area contributed by atoms with Crippen LogP contribution in [0.1, 0.15) is 18.4 Å². The molecule has 0 saturated carbocycles. The summed E-state index contributed by atoms with van der Waals surface area (Å²) in [6, 6.07) is 10.5. The molecule has 1 fully saturated rings. The summed E-state index contributed by atoms with van der Waals surface area (Å²) >= 11 is 0. The van der Waals surface area contributed by atoms with Crippen LogP contribution in [0.2, 0.25) is 0 Å². The molecule has 0 N–H and O–H groups in total. The number of hydrogen-bond donors (Lipinski definition) is 0. The second-order valence-corrected chi connectivity index (χ2v) is 4.28. The van der Waals surface area contributed by atoms with Gasteiger partial charge in [-0.1, -0.05) is 30.3 Å². The molecule has 2 nitrogen and oxygen atoms in total. The van der Waals surface area contributed by atoms with Crippen molar-refractivity contribution in [2.24, 2.45) is 0 Å². The largest absolute Gasteiger partial charge is 0.303 e. The molecule has 0 amide bonds. The fourth-order valence-corrected chi connectivity index (χ4v) is 2.06. The highest BCUT2D eigenvalue weighted by Crippen LogP contribution is 2.11. The molecule has 0 aromatic heterocycles. The van der Waals surface area contributed by atoms with E-state index < -0.39 is 0 Å². The minimum Gasteiger partial charge on any atom is -0.303 e. The zero-order valence-corrected chi connectivity index (χ0v) is 9.06. The Kier molecular flexibility index (Phi) is 3.75. The third-order valence-electron chi connectivity index (χ3n) is 3.09. The van der Waals surface area contributed by atoms with Gasteiger partial charge in [0, 0.05) is 19.6 Å². The molecular weight excluding hydrogens is 186 g/mol. The van der Waals surface area contributed by atoms with Crippen LogP contribution < -0.4 is 0 Å². The lowest BCUT2D eigenvalue weighted by atomic mass is 10.1. The molecule has 2 heteroatoms. The van der Waals surface area contributed by atoms with E-state index in [-0.39, 0.29) is 6.10 Å². The van der Waals surface area contributed by atoms with E-state index in [0.717, 1.165) is 38.9 Å². The van der Waals surface area contributed by atoms with Crippen molar-refractivity contribution in [3.8, 4) is 0 Å². The van der Waals surface area contributed by atoms with Crippen molar-refractivity contribution < 1.29 is 5.11 Å². The van der Waals surface area contributed by atoms with Crippen molar-refractivity contribution in [2.75, 3.05) is 19.6 Å². The highest BCUT2D eigenvalue weighted by molar-refractivity contribution is 5.14. The molecule has 81 valence electrons. The summed E-state index contributed by atoms with van der Waals surface area (Å²) in [6.45, 7) is 3.07. The van der Waals surface area contributed by atoms with E-state index in [2.05, 4.69) is 29.2 Å². The molecule has 0 aliphatic carbocycles. The third kappa shape index (κ3) is 3.33. The van der Waals surface area contributed by atoms with Crippen LogP contribution in [-0.4, -0.2) is 30.6 Å². The van der Waals surface area contributed by atoms with Gasteiger partial charge in [0.15, 0.2) is 0 Å². The Morgan fingerprint density at radius 2 is 1.80 bits per heavy atom. The highest BCUT2D eigenvalue weighted by atomic mass is 16.3. The molecular formula is C13H18NO. The lowest BCUT2D eigenvalue weighted by Crippen LogP contribution is -2.36. The van der Waals surface area contributed by atoms with Gasteiger partial charge in [0.2, 0.25) is 0 Å². The number of likely N-dealkylation sites (tertiary alicyclic amines) is 1. The summed E-state index contributed by atoms with van der Waals surface area (Å²) < 4.78 is 0. The lowest BCUT2D eigenvalue weighted by molar-refractivity contribution is 0.0282.